The average molecular weight is 318 g/mol. The van der Waals surface area contributed by atoms with Crippen LogP contribution in [0.4, 0.5) is 0 Å². The molecule has 0 radical (unpaired) electrons. The third-order valence-electron chi connectivity index (χ3n) is 2.89. The molecule has 0 fully saturated rings. The Labute approximate surface area is 135 Å². The highest BCUT2D eigenvalue weighted by atomic mass is 79.9. The second-order valence-electron chi connectivity index (χ2n) is 3.94. The normalized spacial score (nSPS) is 19.5. The molecule has 4 rings (SSSR count). The third-order valence-corrected chi connectivity index (χ3v) is 3.49. The molecule has 19 heavy (non-hydrogen) atoms. The number of fused-ring (bicyclic) bond motifs is 5. The number of benzene rings is 4. The van der Waals surface area contributed by atoms with E-state index in [0.717, 1.165) is 0 Å². The molecule has 0 aliphatic rings. The Balaban J connectivity index is 2.56. The highest BCUT2D eigenvalue weighted by Crippen LogP contribution is 2.35. The van der Waals surface area contributed by atoms with Gasteiger partial charge in [-0.15, -0.1) is 0 Å². The first-order valence-electron chi connectivity index (χ1n) is 10.9. The van der Waals surface area contributed by atoms with Gasteiger partial charge in [0.2, 0.25) is 0 Å². The molecule has 4 aromatic rings. The minimum Gasteiger partial charge on any atom is -0.0616 e. The van der Waals surface area contributed by atoms with E-state index in [-0.39, 0.29) is 42.8 Å². The van der Waals surface area contributed by atoms with Gasteiger partial charge in [-0.3, -0.25) is 0 Å². The molecule has 0 N–H and O–H groups in total. The molecule has 0 saturated carbocycles. The van der Waals surface area contributed by atoms with Crippen LogP contribution in [-0.4, -0.2) is 0 Å². The first kappa shape index (κ1) is 4.60. The van der Waals surface area contributed by atoms with Crippen molar-refractivity contribution in [3.63, 3.8) is 0 Å². The van der Waals surface area contributed by atoms with Crippen molar-refractivity contribution in [2.45, 2.75) is 0 Å². The van der Waals surface area contributed by atoms with Gasteiger partial charge < -0.3 is 0 Å². The predicted octanol–water partition coefficient (Wildman–Crippen LogP) is 5.91. The lowest BCUT2D eigenvalue weighted by Gasteiger charge is -2.09. The molecular formula is C18H11Br. The van der Waals surface area contributed by atoms with E-state index in [1.807, 2.05) is 0 Å². The Morgan fingerprint density at radius 2 is 1.26 bits per heavy atom. The van der Waals surface area contributed by atoms with E-state index in [1.54, 1.807) is 0 Å². The molecule has 4 aromatic carbocycles. The van der Waals surface area contributed by atoms with Gasteiger partial charge in [0.05, 0.1) is 15.1 Å². The standard InChI is InChI=1S/C18H11Br/c19-18-11-17-13-6-2-1-5-12(13)9-10-15(17)14-7-3-4-8-16(14)18/h1-11H/i1D,2D,3D,4D,5D,6D,7D,8D,9D,10D,11D. The van der Waals surface area contributed by atoms with Crippen LogP contribution in [0.1, 0.15) is 15.1 Å². The molecule has 90 valence electrons. The lowest BCUT2D eigenvalue weighted by atomic mass is 9.97. The molecule has 0 nitrogen and oxygen atoms in total. The fraction of sp³-hybridized carbons (Fsp3) is 0. The second kappa shape index (κ2) is 4.07. The van der Waals surface area contributed by atoms with E-state index in [4.69, 9.17) is 15.1 Å². The maximum atomic E-state index is 8.61. The molecule has 0 unspecified atom stereocenters. The minimum atomic E-state index is -0.562. The first-order valence-corrected chi connectivity index (χ1v) is 6.23. The number of halogens is 1. The molecular weight excluding hydrogens is 296 g/mol. The fourth-order valence-corrected chi connectivity index (χ4v) is 2.55. The second-order valence-corrected chi connectivity index (χ2v) is 4.73. The number of hydrogen-bond acceptors (Lipinski definition) is 0. The van der Waals surface area contributed by atoms with Gasteiger partial charge in [0.1, 0.15) is 0 Å². The summed E-state index contributed by atoms with van der Waals surface area (Å²) in [5.74, 6) is 0. The van der Waals surface area contributed by atoms with Crippen LogP contribution in [0.25, 0.3) is 32.3 Å². The zero-order valence-electron chi connectivity index (χ0n) is 20.4. The lowest BCUT2D eigenvalue weighted by Crippen LogP contribution is -1.81. The summed E-state index contributed by atoms with van der Waals surface area (Å²) in [6.45, 7) is 0. The van der Waals surface area contributed by atoms with Gasteiger partial charge in [-0.2, -0.15) is 0 Å². The van der Waals surface area contributed by atoms with Crippen LogP contribution in [-0.2, 0) is 0 Å². The van der Waals surface area contributed by atoms with Crippen LogP contribution in [0.15, 0.2) is 70.9 Å². The Morgan fingerprint density at radius 1 is 0.632 bits per heavy atom. The van der Waals surface area contributed by atoms with Crippen LogP contribution in [0.5, 0.6) is 0 Å². The van der Waals surface area contributed by atoms with E-state index in [2.05, 4.69) is 15.9 Å². The van der Waals surface area contributed by atoms with Crippen LogP contribution < -0.4 is 0 Å². The zero-order valence-corrected chi connectivity index (χ0v) is 11.0. The molecule has 1 heteroatoms. The molecule has 0 aromatic heterocycles. The zero-order chi connectivity index (χ0) is 22.4. The highest BCUT2D eigenvalue weighted by molar-refractivity contribution is 9.10. The van der Waals surface area contributed by atoms with Crippen molar-refractivity contribution in [1.29, 1.82) is 0 Å². The van der Waals surface area contributed by atoms with Gasteiger partial charge in [-0.05, 0) is 38.4 Å². The SMILES string of the molecule is [2H]c1c([2H])c([2H])c2c(c1[2H])c([2H])c([2H])c1c3c([2H])c([2H])c([2H])c([2H])c3c(Br)c([2H])c21. The third kappa shape index (κ3) is 1.58. The minimum absolute atomic E-state index is 0.0165. The molecule has 0 atom stereocenters. The summed E-state index contributed by atoms with van der Waals surface area (Å²) in [6.07, 6.45) is 0. The van der Waals surface area contributed by atoms with Crippen molar-refractivity contribution in [2.24, 2.45) is 0 Å². The lowest BCUT2D eigenvalue weighted by molar-refractivity contribution is 1.75. The van der Waals surface area contributed by atoms with Crippen LogP contribution in [0.2, 0.25) is 0 Å². The molecule has 0 amide bonds. The number of rotatable bonds is 0. The van der Waals surface area contributed by atoms with E-state index < -0.39 is 60.4 Å². The first-order chi connectivity index (χ1) is 13.9. The molecule has 0 aliphatic heterocycles. The maximum absolute atomic E-state index is 8.61. The van der Waals surface area contributed by atoms with Crippen LogP contribution in [0.3, 0.4) is 0 Å². The number of hydrogen-bond donors (Lipinski definition) is 0. The predicted molar refractivity (Wildman–Crippen MR) is 86.7 cm³/mol. The van der Waals surface area contributed by atoms with Gasteiger partial charge in [0, 0.05) is 4.47 Å². The highest BCUT2D eigenvalue weighted by Gasteiger charge is 2.06. The summed E-state index contributed by atoms with van der Waals surface area (Å²) in [5, 5.41) is -0.621. The molecule has 0 aliphatic carbocycles. The summed E-state index contributed by atoms with van der Waals surface area (Å²) >= 11 is 3.22. The maximum Gasteiger partial charge on any atom is 0.0642 e. The fourth-order valence-electron chi connectivity index (χ4n) is 2.06. The topological polar surface area (TPSA) is 0 Å². The van der Waals surface area contributed by atoms with Crippen molar-refractivity contribution < 1.29 is 15.1 Å². The van der Waals surface area contributed by atoms with E-state index in [0.29, 0.717) is 0 Å². The Bertz CT molecular complexity index is 1350. The van der Waals surface area contributed by atoms with Crippen molar-refractivity contribution in [3.05, 3.63) is 70.9 Å². The molecule has 0 spiro atoms. The van der Waals surface area contributed by atoms with Crippen molar-refractivity contribution in [2.75, 3.05) is 0 Å². The molecule has 0 saturated heterocycles. The van der Waals surface area contributed by atoms with Gasteiger partial charge in [-0.25, -0.2) is 0 Å². The van der Waals surface area contributed by atoms with Gasteiger partial charge >= 0.3 is 0 Å². The van der Waals surface area contributed by atoms with Crippen molar-refractivity contribution in [3.8, 4) is 0 Å². The van der Waals surface area contributed by atoms with Crippen molar-refractivity contribution >= 4 is 48.2 Å². The largest absolute Gasteiger partial charge is 0.0642 e. The summed E-state index contributed by atoms with van der Waals surface area (Å²) in [4.78, 5) is 0. The van der Waals surface area contributed by atoms with Gasteiger partial charge in [0.25, 0.3) is 0 Å². The Morgan fingerprint density at radius 3 is 2.11 bits per heavy atom. The summed E-state index contributed by atoms with van der Waals surface area (Å²) in [7, 11) is 0. The van der Waals surface area contributed by atoms with E-state index in [9.17, 15) is 0 Å². The van der Waals surface area contributed by atoms with Gasteiger partial charge in [0.15, 0.2) is 0 Å². The van der Waals surface area contributed by atoms with Gasteiger partial charge in [-0.1, -0.05) is 76.4 Å². The monoisotopic (exact) mass is 317 g/mol. The van der Waals surface area contributed by atoms with E-state index in [1.165, 1.54) is 0 Å². The smallest absolute Gasteiger partial charge is 0.0616 e. The van der Waals surface area contributed by atoms with E-state index >= 15 is 0 Å². The van der Waals surface area contributed by atoms with Crippen molar-refractivity contribution in [1.82, 2.24) is 0 Å². The van der Waals surface area contributed by atoms with Crippen LogP contribution >= 0.6 is 15.9 Å². The quantitative estimate of drug-likeness (QED) is 0.354. The Kier molecular flexibility index (Phi) is 0.987. The summed E-state index contributed by atoms with van der Waals surface area (Å²) in [5.41, 5.74) is 0. The summed E-state index contributed by atoms with van der Waals surface area (Å²) in [6, 6.07) is -5.28. The average Bonchev–Trinajstić information content (AvgIpc) is 2.71. The summed E-state index contributed by atoms with van der Waals surface area (Å²) < 4.78 is 90.4. The molecule has 0 heterocycles. The Hall–Kier alpha value is -1.86. The van der Waals surface area contributed by atoms with Crippen LogP contribution in [0, 0.1) is 0 Å². The molecule has 0 bridgehead atoms.